The number of hydrogen-bond donors (Lipinski definition) is 2. The molecule has 0 saturated carbocycles. The molecule has 0 spiro atoms. The fourth-order valence-corrected chi connectivity index (χ4v) is 3.34. The zero-order valence-corrected chi connectivity index (χ0v) is 15.7. The van der Waals surface area contributed by atoms with Gasteiger partial charge < -0.3 is 20.3 Å². The van der Waals surface area contributed by atoms with Gasteiger partial charge in [-0.1, -0.05) is 0 Å². The Labute approximate surface area is 165 Å². The fourth-order valence-electron chi connectivity index (χ4n) is 3.34. The van der Waals surface area contributed by atoms with E-state index in [1.54, 1.807) is 6.07 Å². The quantitative estimate of drug-likeness (QED) is 0.796. The van der Waals surface area contributed by atoms with Gasteiger partial charge >= 0.3 is 6.36 Å². The Morgan fingerprint density at radius 2 is 2.00 bits per heavy atom. The Hall–Kier alpha value is -2.94. The number of nitrogens with one attached hydrogen (secondary N) is 2. The van der Waals surface area contributed by atoms with E-state index >= 15 is 0 Å². The topological polar surface area (TPSA) is 62.8 Å². The van der Waals surface area contributed by atoms with Crippen molar-refractivity contribution in [1.82, 2.24) is 0 Å². The number of benzene rings is 2. The highest BCUT2D eigenvalue weighted by Gasteiger charge is 2.39. The minimum Gasteiger partial charge on any atom is -0.491 e. The number of halogens is 3. The van der Waals surface area contributed by atoms with Crippen molar-refractivity contribution >= 4 is 28.7 Å². The number of ether oxygens (including phenoxy) is 2. The predicted octanol–water partition coefficient (Wildman–Crippen LogP) is 4.18. The lowest BCUT2D eigenvalue weighted by molar-refractivity contribution is -0.344. The number of anilines is 4. The van der Waals surface area contributed by atoms with Crippen molar-refractivity contribution in [3.05, 3.63) is 42.0 Å². The van der Waals surface area contributed by atoms with E-state index in [9.17, 15) is 18.0 Å². The molecule has 0 radical (unpaired) electrons. The van der Waals surface area contributed by atoms with Crippen molar-refractivity contribution in [2.24, 2.45) is 0 Å². The molecule has 0 unspecified atom stereocenters. The third-order valence-corrected chi connectivity index (χ3v) is 4.84. The van der Waals surface area contributed by atoms with Crippen molar-refractivity contribution in [2.45, 2.75) is 25.8 Å². The monoisotopic (exact) mass is 407 g/mol. The minimum absolute atomic E-state index is 0.0789. The molecule has 2 aromatic rings. The average molecular weight is 407 g/mol. The number of hydrogen-bond acceptors (Lipinski definition) is 5. The highest BCUT2D eigenvalue weighted by molar-refractivity contribution is 5.93. The van der Waals surface area contributed by atoms with Gasteiger partial charge in [-0.15, -0.1) is 13.2 Å². The van der Waals surface area contributed by atoms with E-state index in [0.29, 0.717) is 24.5 Å². The lowest BCUT2D eigenvalue weighted by atomic mass is 10.1. The van der Waals surface area contributed by atoms with Crippen LogP contribution in [0.3, 0.4) is 0 Å². The molecule has 2 N–H and O–H groups in total. The molecular formula is C20H20F3N3O3. The van der Waals surface area contributed by atoms with Gasteiger partial charge in [0.1, 0.15) is 11.9 Å². The molecule has 2 aromatic carbocycles. The molecule has 0 atom stereocenters. The number of nitrogens with zero attached hydrogens (tertiary/aromatic N) is 1. The van der Waals surface area contributed by atoms with Crippen LogP contribution >= 0.6 is 0 Å². The number of fused-ring (bicyclic) bond motifs is 1. The number of amides is 1. The zero-order valence-electron chi connectivity index (χ0n) is 15.7. The van der Waals surface area contributed by atoms with E-state index in [1.807, 2.05) is 42.2 Å². The van der Waals surface area contributed by atoms with Crippen LogP contribution in [-0.4, -0.2) is 38.1 Å². The first-order chi connectivity index (χ1) is 13.8. The zero-order chi connectivity index (χ0) is 20.6. The normalized spacial score (nSPS) is 17.0. The molecule has 1 fully saturated rings. The fraction of sp³-hybridized carbons (Fsp3) is 0.350. The van der Waals surface area contributed by atoms with E-state index < -0.39 is 12.5 Å². The van der Waals surface area contributed by atoms with Crippen LogP contribution < -0.4 is 20.3 Å². The predicted molar refractivity (Wildman–Crippen MR) is 103 cm³/mol. The third kappa shape index (κ3) is 4.56. The van der Waals surface area contributed by atoms with Crippen molar-refractivity contribution in [3.8, 4) is 5.75 Å². The summed E-state index contributed by atoms with van der Waals surface area (Å²) >= 11 is 0. The molecule has 0 aromatic heterocycles. The van der Waals surface area contributed by atoms with E-state index in [0.717, 1.165) is 22.6 Å². The standard InChI is InChI=1S/C20H20F3N3O3/c1-12-8-14(26-10-15(11-26)29-20(21,22)23)3-5-16(12)24-13-2-4-17-18(9-13)28-7-6-19(27)25-17/h2-5,8-9,15,24H,6-7,10-11H2,1H3,(H,25,27). The van der Waals surface area contributed by atoms with Crippen molar-refractivity contribution in [3.63, 3.8) is 0 Å². The Bertz CT molecular complexity index is 927. The van der Waals surface area contributed by atoms with E-state index in [4.69, 9.17) is 4.74 Å². The van der Waals surface area contributed by atoms with Gasteiger partial charge in [0.25, 0.3) is 0 Å². The summed E-state index contributed by atoms with van der Waals surface area (Å²) < 4.78 is 46.4. The number of carbonyl (C=O) groups is 1. The first-order valence-electron chi connectivity index (χ1n) is 9.21. The summed E-state index contributed by atoms with van der Waals surface area (Å²) in [5.41, 5.74) is 4.11. The summed E-state index contributed by atoms with van der Waals surface area (Å²) in [4.78, 5) is 13.4. The maximum Gasteiger partial charge on any atom is 0.522 e. The van der Waals surface area contributed by atoms with Crippen LogP contribution in [0.4, 0.5) is 35.9 Å². The second kappa shape index (κ2) is 7.47. The molecular weight excluding hydrogens is 387 g/mol. The number of aryl methyl sites for hydroxylation is 1. The van der Waals surface area contributed by atoms with Gasteiger partial charge in [-0.2, -0.15) is 0 Å². The Kier molecular flexibility index (Phi) is 4.99. The van der Waals surface area contributed by atoms with Gasteiger partial charge in [0.05, 0.1) is 18.7 Å². The highest BCUT2D eigenvalue weighted by atomic mass is 19.4. The molecule has 154 valence electrons. The lowest BCUT2D eigenvalue weighted by Gasteiger charge is -2.40. The van der Waals surface area contributed by atoms with Crippen LogP contribution in [0.25, 0.3) is 0 Å². The molecule has 1 saturated heterocycles. The summed E-state index contributed by atoms with van der Waals surface area (Å²) in [6.07, 6.45) is -5.11. The van der Waals surface area contributed by atoms with Crippen LogP contribution in [0, 0.1) is 6.92 Å². The number of alkyl halides is 3. The van der Waals surface area contributed by atoms with Crippen LogP contribution in [0.5, 0.6) is 5.75 Å². The maximum atomic E-state index is 12.2. The minimum atomic E-state index is -4.60. The second-order valence-corrected chi connectivity index (χ2v) is 7.07. The molecule has 6 nitrogen and oxygen atoms in total. The van der Waals surface area contributed by atoms with Crippen molar-refractivity contribution in [2.75, 3.05) is 35.2 Å². The van der Waals surface area contributed by atoms with Gasteiger partial charge in [0, 0.05) is 36.2 Å². The molecule has 1 amide bonds. The van der Waals surface area contributed by atoms with E-state index in [2.05, 4.69) is 15.4 Å². The summed E-state index contributed by atoms with van der Waals surface area (Å²) in [6.45, 7) is 2.67. The van der Waals surface area contributed by atoms with Crippen LogP contribution in [0.1, 0.15) is 12.0 Å². The Balaban J connectivity index is 1.42. The third-order valence-electron chi connectivity index (χ3n) is 4.84. The first kappa shape index (κ1) is 19.4. The van der Waals surface area contributed by atoms with Gasteiger partial charge in [0.15, 0.2) is 0 Å². The van der Waals surface area contributed by atoms with Gasteiger partial charge in [-0.3, -0.25) is 9.53 Å². The van der Waals surface area contributed by atoms with Gasteiger partial charge in [-0.25, -0.2) is 0 Å². The molecule has 2 aliphatic heterocycles. The molecule has 4 rings (SSSR count). The molecule has 9 heteroatoms. The summed E-state index contributed by atoms with van der Waals surface area (Å²) in [6, 6.07) is 11.1. The largest absolute Gasteiger partial charge is 0.522 e. The average Bonchev–Trinajstić information content (AvgIpc) is 2.79. The van der Waals surface area contributed by atoms with Gasteiger partial charge in [0.2, 0.25) is 5.91 Å². The maximum absolute atomic E-state index is 12.2. The Morgan fingerprint density at radius 3 is 2.72 bits per heavy atom. The van der Waals surface area contributed by atoms with Crippen LogP contribution in [-0.2, 0) is 9.53 Å². The summed E-state index contributed by atoms with van der Waals surface area (Å²) in [7, 11) is 0. The van der Waals surface area contributed by atoms with Crippen LogP contribution in [0.15, 0.2) is 36.4 Å². The molecule has 0 aliphatic carbocycles. The van der Waals surface area contributed by atoms with E-state index in [-0.39, 0.29) is 19.0 Å². The van der Waals surface area contributed by atoms with Crippen molar-refractivity contribution in [1.29, 1.82) is 0 Å². The Morgan fingerprint density at radius 1 is 1.21 bits per heavy atom. The SMILES string of the molecule is Cc1cc(N2CC(OC(F)(F)F)C2)ccc1Nc1ccc2c(c1)OCCC(=O)N2. The molecule has 2 aliphatic rings. The van der Waals surface area contributed by atoms with Crippen LogP contribution in [0.2, 0.25) is 0 Å². The summed E-state index contributed by atoms with van der Waals surface area (Å²) in [5, 5.41) is 6.11. The highest BCUT2D eigenvalue weighted by Crippen LogP contribution is 2.34. The lowest BCUT2D eigenvalue weighted by Crippen LogP contribution is -2.54. The summed E-state index contributed by atoms with van der Waals surface area (Å²) in [5.74, 6) is 0.524. The smallest absolute Gasteiger partial charge is 0.491 e. The second-order valence-electron chi connectivity index (χ2n) is 7.07. The van der Waals surface area contributed by atoms with Gasteiger partial charge in [-0.05, 0) is 42.8 Å². The number of rotatable bonds is 4. The molecule has 0 bridgehead atoms. The van der Waals surface area contributed by atoms with E-state index in [1.165, 1.54) is 0 Å². The first-order valence-corrected chi connectivity index (χ1v) is 9.21. The molecule has 2 heterocycles. The number of carbonyl (C=O) groups excluding carboxylic acids is 1. The van der Waals surface area contributed by atoms with Crippen molar-refractivity contribution < 1.29 is 27.4 Å². The molecule has 29 heavy (non-hydrogen) atoms.